The van der Waals surface area contributed by atoms with Gasteiger partial charge in [-0.25, -0.2) is 0 Å². The van der Waals surface area contributed by atoms with E-state index in [0.29, 0.717) is 6.10 Å². The summed E-state index contributed by atoms with van der Waals surface area (Å²) in [4.78, 5) is 0. The Bertz CT molecular complexity index is 348. The van der Waals surface area contributed by atoms with Gasteiger partial charge in [0.15, 0.2) is 0 Å². The molecular weight excluding hydrogens is 224 g/mol. The fourth-order valence-electron chi connectivity index (χ4n) is 2.40. The van der Waals surface area contributed by atoms with Crippen molar-refractivity contribution >= 4 is 5.69 Å². The molecule has 0 amide bonds. The number of hydrogen-bond donors (Lipinski definition) is 2. The second-order valence-corrected chi connectivity index (χ2v) is 5.04. The molecule has 3 N–H and O–H groups in total. The molecule has 1 atom stereocenters. The molecule has 100 valence electrons. The number of benzene rings is 1. The first-order valence-corrected chi connectivity index (χ1v) is 7.01. The van der Waals surface area contributed by atoms with Gasteiger partial charge in [0.05, 0.1) is 6.10 Å². The summed E-state index contributed by atoms with van der Waals surface area (Å²) in [6.07, 6.45) is 6.43. The van der Waals surface area contributed by atoms with E-state index in [-0.39, 0.29) is 0 Å². The van der Waals surface area contributed by atoms with Crippen LogP contribution in [0.15, 0.2) is 24.3 Å². The first-order chi connectivity index (χ1) is 8.84. The second-order valence-electron chi connectivity index (χ2n) is 5.04. The van der Waals surface area contributed by atoms with Gasteiger partial charge in [-0.2, -0.15) is 0 Å². The van der Waals surface area contributed by atoms with E-state index >= 15 is 0 Å². The highest BCUT2D eigenvalue weighted by molar-refractivity contribution is 5.40. The van der Waals surface area contributed by atoms with Gasteiger partial charge >= 0.3 is 0 Å². The Hall–Kier alpha value is -1.06. The molecule has 2 rings (SSSR count). The molecule has 1 aromatic rings. The number of rotatable bonds is 6. The number of anilines is 1. The van der Waals surface area contributed by atoms with Gasteiger partial charge in [-0.05, 0) is 56.3 Å². The Labute approximate surface area is 110 Å². The molecule has 1 aliphatic rings. The minimum absolute atomic E-state index is 0.436. The van der Waals surface area contributed by atoms with Gasteiger partial charge in [0, 0.05) is 18.8 Å². The summed E-state index contributed by atoms with van der Waals surface area (Å²) >= 11 is 0. The summed E-state index contributed by atoms with van der Waals surface area (Å²) in [7, 11) is 0. The quantitative estimate of drug-likeness (QED) is 0.600. The summed E-state index contributed by atoms with van der Waals surface area (Å²) in [6.45, 7) is 2.99. The molecule has 18 heavy (non-hydrogen) atoms. The van der Waals surface area contributed by atoms with Crippen molar-refractivity contribution in [3.05, 3.63) is 29.8 Å². The first kappa shape index (κ1) is 13.4. The van der Waals surface area contributed by atoms with E-state index < -0.39 is 0 Å². The molecule has 1 unspecified atom stereocenters. The lowest BCUT2D eigenvalue weighted by molar-refractivity contribution is 0.0170. The van der Waals surface area contributed by atoms with E-state index in [1.165, 1.54) is 24.8 Å². The Morgan fingerprint density at radius 3 is 3.06 bits per heavy atom. The first-order valence-electron chi connectivity index (χ1n) is 7.01. The van der Waals surface area contributed by atoms with Crippen LogP contribution in [0.3, 0.4) is 0 Å². The maximum Gasteiger partial charge on any atom is 0.0699 e. The third kappa shape index (κ3) is 4.67. The molecule has 1 aromatic carbocycles. The van der Waals surface area contributed by atoms with Crippen LogP contribution in [0, 0.1) is 0 Å². The van der Waals surface area contributed by atoms with E-state index in [2.05, 4.69) is 17.4 Å². The Kier molecular flexibility index (Phi) is 5.49. The van der Waals surface area contributed by atoms with Gasteiger partial charge in [0.2, 0.25) is 0 Å². The van der Waals surface area contributed by atoms with E-state index in [4.69, 9.17) is 10.5 Å². The minimum atomic E-state index is 0.436. The summed E-state index contributed by atoms with van der Waals surface area (Å²) in [5.41, 5.74) is 7.94. The second kappa shape index (κ2) is 7.39. The van der Waals surface area contributed by atoms with Crippen molar-refractivity contribution in [2.45, 2.75) is 38.2 Å². The van der Waals surface area contributed by atoms with Crippen LogP contribution < -0.4 is 11.1 Å². The number of hydrogen-bond acceptors (Lipinski definition) is 3. The van der Waals surface area contributed by atoms with Crippen LogP contribution in [0.1, 0.15) is 31.2 Å². The molecule has 0 aromatic heterocycles. The maximum absolute atomic E-state index is 5.75. The monoisotopic (exact) mass is 248 g/mol. The predicted octanol–water partition coefficient (Wildman–Crippen LogP) is 2.36. The van der Waals surface area contributed by atoms with Gasteiger partial charge in [-0.15, -0.1) is 0 Å². The molecule has 0 bridgehead atoms. The molecule has 0 saturated carbocycles. The molecule has 1 heterocycles. The fourth-order valence-corrected chi connectivity index (χ4v) is 2.40. The number of nitrogens with one attached hydrogen (secondary N) is 1. The van der Waals surface area contributed by atoms with Crippen LogP contribution >= 0.6 is 0 Å². The third-order valence-electron chi connectivity index (χ3n) is 3.42. The van der Waals surface area contributed by atoms with Gasteiger partial charge < -0.3 is 15.8 Å². The third-order valence-corrected chi connectivity index (χ3v) is 3.42. The van der Waals surface area contributed by atoms with E-state index in [1.807, 2.05) is 12.1 Å². The smallest absolute Gasteiger partial charge is 0.0699 e. The van der Waals surface area contributed by atoms with Crippen molar-refractivity contribution in [2.24, 2.45) is 0 Å². The summed E-state index contributed by atoms with van der Waals surface area (Å²) < 4.78 is 5.68. The van der Waals surface area contributed by atoms with Gasteiger partial charge in [0.1, 0.15) is 0 Å². The number of nitrogen functional groups attached to an aromatic ring is 1. The zero-order valence-electron chi connectivity index (χ0n) is 11.0. The SMILES string of the molecule is Nc1cccc(CCCNCC2CCCCO2)c1. The van der Waals surface area contributed by atoms with Crippen LogP contribution in [-0.4, -0.2) is 25.8 Å². The summed E-state index contributed by atoms with van der Waals surface area (Å²) in [5, 5.41) is 3.48. The van der Waals surface area contributed by atoms with Crippen molar-refractivity contribution in [1.29, 1.82) is 0 Å². The van der Waals surface area contributed by atoms with E-state index in [1.54, 1.807) is 0 Å². The van der Waals surface area contributed by atoms with Crippen LogP contribution in [0.4, 0.5) is 5.69 Å². The maximum atomic E-state index is 5.75. The highest BCUT2D eigenvalue weighted by Crippen LogP contribution is 2.11. The van der Waals surface area contributed by atoms with Gasteiger partial charge in [-0.3, -0.25) is 0 Å². The summed E-state index contributed by atoms with van der Waals surface area (Å²) in [6, 6.07) is 8.15. The lowest BCUT2D eigenvalue weighted by atomic mass is 10.1. The van der Waals surface area contributed by atoms with Crippen LogP contribution in [0.2, 0.25) is 0 Å². The fraction of sp³-hybridized carbons (Fsp3) is 0.600. The lowest BCUT2D eigenvalue weighted by Gasteiger charge is -2.22. The Morgan fingerprint density at radius 1 is 1.33 bits per heavy atom. The summed E-state index contributed by atoms with van der Waals surface area (Å²) in [5.74, 6) is 0. The van der Waals surface area contributed by atoms with Crippen molar-refractivity contribution in [3.63, 3.8) is 0 Å². The zero-order chi connectivity index (χ0) is 12.6. The largest absolute Gasteiger partial charge is 0.399 e. The number of nitrogens with two attached hydrogens (primary N) is 1. The van der Waals surface area contributed by atoms with E-state index in [9.17, 15) is 0 Å². The van der Waals surface area contributed by atoms with Crippen LogP contribution in [0.5, 0.6) is 0 Å². The molecule has 3 nitrogen and oxygen atoms in total. The zero-order valence-corrected chi connectivity index (χ0v) is 11.0. The molecule has 0 spiro atoms. The minimum Gasteiger partial charge on any atom is -0.399 e. The molecular formula is C15H24N2O. The molecule has 3 heteroatoms. The molecule has 1 saturated heterocycles. The number of ether oxygens (including phenoxy) is 1. The average molecular weight is 248 g/mol. The highest BCUT2D eigenvalue weighted by atomic mass is 16.5. The van der Waals surface area contributed by atoms with E-state index in [0.717, 1.165) is 38.2 Å². The van der Waals surface area contributed by atoms with Crippen molar-refractivity contribution in [2.75, 3.05) is 25.4 Å². The molecule has 0 aliphatic carbocycles. The average Bonchev–Trinajstić information content (AvgIpc) is 2.40. The highest BCUT2D eigenvalue weighted by Gasteiger charge is 2.12. The van der Waals surface area contributed by atoms with Crippen molar-refractivity contribution in [3.8, 4) is 0 Å². The lowest BCUT2D eigenvalue weighted by Crippen LogP contribution is -2.32. The van der Waals surface area contributed by atoms with Gasteiger partial charge in [-0.1, -0.05) is 12.1 Å². The molecule has 0 radical (unpaired) electrons. The van der Waals surface area contributed by atoms with Crippen LogP contribution in [0.25, 0.3) is 0 Å². The van der Waals surface area contributed by atoms with Crippen molar-refractivity contribution < 1.29 is 4.74 Å². The predicted molar refractivity (Wildman–Crippen MR) is 75.6 cm³/mol. The topological polar surface area (TPSA) is 47.3 Å². The van der Waals surface area contributed by atoms with Crippen molar-refractivity contribution in [1.82, 2.24) is 5.32 Å². The van der Waals surface area contributed by atoms with Crippen LogP contribution in [-0.2, 0) is 11.2 Å². The standard InChI is InChI=1S/C15H24N2O/c16-14-7-3-5-13(11-14)6-4-9-17-12-15-8-1-2-10-18-15/h3,5,7,11,15,17H,1-2,4,6,8-10,12,16H2. The Morgan fingerprint density at radius 2 is 2.28 bits per heavy atom. The number of aryl methyl sites for hydroxylation is 1. The Balaban J connectivity index is 1.55. The van der Waals surface area contributed by atoms with Gasteiger partial charge in [0.25, 0.3) is 0 Å². The molecule has 1 aliphatic heterocycles. The normalized spacial score (nSPS) is 19.9. The molecule has 1 fully saturated rings.